The van der Waals surface area contributed by atoms with Crippen LogP contribution in [-0.2, 0) is 9.53 Å². The number of aliphatic hydroxyl groups excluding tert-OH is 1. The molecule has 0 aliphatic carbocycles. The zero-order chi connectivity index (χ0) is 7.30. The summed E-state index contributed by atoms with van der Waals surface area (Å²) >= 11 is 5.57. The van der Waals surface area contributed by atoms with Crippen LogP contribution in [0.15, 0.2) is 11.1 Å². The molecule has 2 aliphatic rings. The summed E-state index contributed by atoms with van der Waals surface area (Å²) in [5.41, 5.74) is 0. The van der Waals surface area contributed by atoms with E-state index in [4.69, 9.17) is 21.4 Å². The zero-order valence-corrected chi connectivity index (χ0v) is 5.71. The second kappa shape index (κ2) is 1.81. The number of halogens is 1. The number of carbonyl (C=O) groups excluding carboxylic acids is 1. The van der Waals surface area contributed by atoms with Crippen molar-refractivity contribution in [1.29, 1.82) is 0 Å². The maximum Gasteiger partial charge on any atom is 0.198 e. The highest BCUT2D eigenvalue weighted by Crippen LogP contribution is 2.33. The van der Waals surface area contributed by atoms with E-state index in [0.29, 0.717) is 5.03 Å². The van der Waals surface area contributed by atoms with Gasteiger partial charge in [0.05, 0.1) is 5.03 Å². The molecule has 0 spiro atoms. The third kappa shape index (κ3) is 0.599. The standard InChI is InChI=1S/C6H5ClO3/c7-2-1-3-4(8)5(9)6(2)10-3/h1,3-4,6,8H. The lowest BCUT2D eigenvalue weighted by Gasteiger charge is -2.06. The fourth-order valence-electron chi connectivity index (χ4n) is 1.19. The molecule has 54 valence electrons. The van der Waals surface area contributed by atoms with E-state index in [2.05, 4.69) is 0 Å². The van der Waals surface area contributed by atoms with Crippen LogP contribution in [0.1, 0.15) is 0 Å². The van der Waals surface area contributed by atoms with Crippen molar-refractivity contribution in [3.8, 4) is 0 Å². The molecule has 0 aromatic carbocycles. The van der Waals surface area contributed by atoms with Gasteiger partial charge in [-0.3, -0.25) is 4.79 Å². The predicted molar refractivity (Wildman–Crippen MR) is 33.6 cm³/mol. The molecule has 10 heavy (non-hydrogen) atoms. The smallest absolute Gasteiger partial charge is 0.198 e. The van der Waals surface area contributed by atoms with Crippen LogP contribution in [0.25, 0.3) is 0 Å². The van der Waals surface area contributed by atoms with Crippen LogP contribution >= 0.6 is 11.6 Å². The second-order valence-electron chi connectivity index (χ2n) is 2.38. The summed E-state index contributed by atoms with van der Waals surface area (Å²) in [6.45, 7) is 0. The summed E-state index contributed by atoms with van der Waals surface area (Å²) in [6.07, 6.45) is -0.600. The van der Waals surface area contributed by atoms with Gasteiger partial charge in [-0.2, -0.15) is 0 Å². The number of fused-ring (bicyclic) bond motifs is 2. The number of carbonyl (C=O) groups is 1. The van der Waals surface area contributed by atoms with Gasteiger partial charge in [0.1, 0.15) is 12.2 Å². The van der Waals surface area contributed by atoms with Gasteiger partial charge in [-0.1, -0.05) is 11.6 Å². The van der Waals surface area contributed by atoms with Gasteiger partial charge in [-0.15, -0.1) is 0 Å². The minimum Gasteiger partial charge on any atom is -0.382 e. The first-order valence-corrected chi connectivity index (χ1v) is 3.32. The van der Waals surface area contributed by atoms with Gasteiger partial charge in [0.25, 0.3) is 0 Å². The first-order chi connectivity index (χ1) is 4.70. The van der Waals surface area contributed by atoms with E-state index in [-0.39, 0.29) is 5.78 Å². The third-order valence-electron chi connectivity index (χ3n) is 1.73. The Balaban J connectivity index is 2.38. The van der Waals surface area contributed by atoms with Crippen LogP contribution < -0.4 is 0 Å². The molecule has 0 amide bonds. The zero-order valence-electron chi connectivity index (χ0n) is 4.95. The number of Topliss-reactive ketones (excluding diaryl/α,β-unsaturated/α-hetero) is 1. The van der Waals surface area contributed by atoms with E-state index in [1.165, 1.54) is 0 Å². The maximum absolute atomic E-state index is 10.9. The summed E-state index contributed by atoms with van der Waals surface area (Å²) in [6, 6.07) is 0. The molecule has 0 aromatic rings. The van der Waals surface area contributed by atoms with E-state index in [0.717, 1.165) is 0 Å². The van der Waals surface area contributed by atoms with Crippen molar-refractivity contribution in [3.05, 3.63) is 11.1 Å². The highest BCUT2D eigenvalue weighted by Gasteiger charge is 2.47. The molecule has 3 nitrogen and oxygen atoms in total. The van der Waals surface area contributed by atoms with Crippen LogP contribution in [0.2, 0.25) is 0 Å². The fraction of sp³-hybridized carbons (Fsp3) is 0.500. The van der Waals surface area contributed by atoms with E-state index < -0.39 is 18.3 Å². The number of ether oxygens (including phenoxy) is 1. The Morgan fingerprint density at radius 2 is 2.40 bits per heavy atom. The minimum atomic E-state index is -0.993. The van der Waals surface area contributed by atoms with Crippen LogP contribution in [0.4, 0.5) is 0 Å². The molecule has 0 saturated carbocycles. The van der Waals surface area contributed by atoms with Gasteiger partial charge >= 0.3 is 0 Å². The summed E-state index contributed by atoms with van der Waals surface area (Å²) in [5.74, 6) is -0.322. The molecule has 2 heterocycles. The quantitative estimate of drug-likeness (QED) is 0.535. The van der Waals surface area contributed by atoms with Gasteiger partial charge < -0.3 is 9.84 Å². The summed E-state index contributed by atoms with van der Waals surface area (Å²) in [4.78, 5) is 10.9. The molecule has 0 radical (unpaired) electrons. The molecule has 0 aromatic heterocycles. The molecular formula is C6H5ClO3. The van der Waals surface area contributed by atoms with Crippen molar-refractivity contribution in [3.63, 3.8) is 0 Å². The lowest BCUT2D eigenvalue weighted by Crippen LogP contribution is -2.30. The fourth-order valence-corrected chi connectivity index (χ4v) is 1.47. The van der Waals surface area contributed by atoms with Crippen LogP contribution in [-0.4, -0.2) is 29.2 Å². The van der Waals surface area contributed by atoms with E-state index >= 15 is 0 Å². The van der Waals surface area contributed by atoms with Crippen molar-refractivity contribution < 1.29 is 14.6 Å². The normalized spacial score (nSPS) is 44.4. The second-order valence-corrected chi connectivity index (χ2v) is 2.82. The maximum atomic E-state index is 10.9. The van der Waals surface area contributed by atoms with Gasteiger partial charge in [-0.05, 0) is 6.08 Å². The number of aliphatic hydroxyl groups is 1. The van der Waals surface area contributed by atoms with E-state index in [9.17, 15) is 4.79 Å². The van der Waals surface area contributed by atoms with Crippen molar-refractivity contribution in [2.24, 2.45) is 0 Å². The SMILES string of the molecule is O=C1C2OC(C=C2Cl)C1O. The number of hydrogen-bond donors (Lipinski definition) is 1. The topological polar surface area (TPSA) is 46.5 Å². The summed E-state index contributed by atoms with van der Waals surface area (Å²) in [7, 11) is 0. The molecule has 3 unspecified atom stereocenters. The Kier molecular flexibility index (Phi) is 1.15. The average Bonchev–Trinajstić information content (AvgIpc) is 2.36. The van der Waals surface area contributed by atoms with Gasteiger partial charge in [-0.25, -0.2) is 0 Å². The molecule has 2 aliphatic heterocycles. The van der Waals surface area contributed by atoms with Crippen LogP contribution in [0.3, 0.4) is 0 Å². The lowest BCUT2D eigenvalue weighted by atomic mass is 10.0. The molecule has 3 atom stereocenters. The first kappa shape index (κ1) is 6.34. The van der Waals surface area contributed by atoms with Gasteiger partial charge in [0.2, 0.25) is 0 Å². The number of rotatable bonds is 0. The van der Waals surface area contributed by atoms with Gasteiger partial charge in [0, 0.05) is 0 Å². The largest absolute Gasteiger partial charge is 0.382 e. The number of ketones is 1. The molecule has 4 heteroatoms. The van der Waals surface area contributed by atoms with Gasteiger partial charge in [0.15, 0.2) is 11.9 Å². The number of hydrogen-bond acceptors (Lipinski definition) is 3. The van der Waals surface area contributed by atoms with Crippen molar-refractivity contribution in [2.45, 2.75) is 18.3 Å². The summed E-state index contributed by atoms with van der Waals surface area (Å²) in [5, 5.41) is 9.43. The first-order valence-electron chi connectivity index (χ1n) is 2.94. The highest BCUT2D eigenvalue weighted by atomic mass is 35.5. The molecule has 2 rings (SSSR count). The van der Waals surface area contributed by atoms with Crippen molar-refractivity contribution in [2.75, 3.05) is 0 Å². The minimum absolute atomic E-state index is 0.322. The van der Waals surface area contributed by atoms with Crippen LogP contribution in [0, 0.1) is 0 Å². The van der Waals surface area contributed by atoms with Crippen molar-refractivity contribution >= 4 is 17.4 Å². The predicted octanol–water partition coefficient (Wildman–Crippen LogP) is -0.180. The third-order valence-corrected chi connectivity index (χ3v) is 2.05. The molecule has 1 fully saturated rings. The molecular weight excluding hydrogens is 156 g/mol. The Morgan fingerprint density at radius 3 is 2.80 bits per heavy atom. The van der Waals surface area contributed by atoms with Crippen LogP contribution in [0.5, 0.6) is 0 Å². The molecule has 1 N–H and O–H groups in total. The van der Waals surface area contributed by atoms with E-state index in [1.807, 2.05) is 0 Å². The average molecular weight is 161 g/mol. The Labute approximate surface area is 62.2 Å². The van der Waals surface area contributed by atoms with Crippen molar-refractivity contribution in [1.82, 2.24) is 0 Å². The highest BCUT2D eigenvalue weighted by molar-refractivity contribution is 6.33. The van der Waals surface area contributed by atoms with E-state index in [1.54, 1.807) is 6.08 Å². The molecule has 1 saturated heterocycles. The lowest BCUT2D eigenvalue weighted by molar-refractivity contribution is -0.125. The Bertz CT molecular complexity index is 223. The molecule has 2 bridgehead atoms. The summed E-state index contributed by atoms with van der Waals surface area (Å²) < 4.78 is 4.98. The monoisotopic (exact) mass is 160 g/mol. The Hall–Kier alpha value is -0.380. The Morgan fingerprint density at radius 1 is 1.70 bits per heavy atom.